The van der Waals surface area contributed by atoms with E-state index in [1.54, 1.807) is 7.11 Å². The lowest BCUT2D eigenvalue weighted by Crippen LogP contribution is -2.09. The van der Waals surface area contributed by atoms with Crippen LogP contribution in [0.25, 0.3) is 0 Å². The van der Waals surface area contributed by atoms with Crippen LogP contribution in [0.3, 0.4) is 0 Å². The molecule has 0 atom stereocenters. The molecule has 80 valence electrons. The molecule has 0 aliphatic rings. The summed E-state index contributed by atoms with van der Waals surface area (Å²) in [6.07, 6.45) is 3.74. The minimum absolute atomic E-state index is 0.682. The Morgan fingerprint density at radius 3 is 3.07 bits per heavy atom. The van der Waals surface area contributed by atoms with Gasteiger partial charge in [-0.05, 0) is 28.8 Å². The van der Waals surface area contributed by atoms with Gasteiger partial charge in [0.2, 0.25) is 0 Å². The van der Waals surface area contributed by atoms with Crippen LogP contribution in [0.5, 0.6) is 0 Å². The Morgan fingerprint density at radius 1 is 1.64 bits per heavy atom. The molecule has 0 amide bonds. The number of hydrogen-bond donors (Lipinski definition) is 0. The zero-order valence-electron chi connectivity index (χ0n) is 8.17. The first-order valence-corrected chi connectivity index (χ1v) is 5.87. The lowest BCUT2D eigenvalue weighted by atomic mass is 10.2. The van der Waals surface area contributed by atoms with E-state index in [0.29, 0.717) is 12.5 Å². The summed E-state index contributed by atoms with van der Waals surface area (Å²) in [6, 6.07) is 0. The third-order valence-corrected chi connectivity index (χ3v) is 2.88. The number of halogens is 2. The summed E-state index contributed by atoms with van der Waals surface area (Å²) in [4.78, 5) is 0. The smallest absolute Gasteiger partial charge is 0.0658 e. The number of aromatic nitrogens is 2. The molecule has 1 aromatic rings. The Morgan fingerprint density at radius 2 is 2.43 bits per heavy atom. The molecule has 0 fully saturated rings. The third-order valence-electron chi connectivity index (χ3n) is 1.95. The van der Waals surface area contributed by atoms with E-state index >= 15 is 0 Å². The summed E-state index contributed by atoms with van der Waals surface area (Å²) in [5.41, 5.74) is 1.20. The Hall–Kier alpha value is -0.0600. The summed E-state index contributed by atoms with van der Waals surface area (Å²) in [7, 11) is 1.69. The molecular weight excluding hydrogens is 267 g/mol. The molecule has 0 unspecified atom stereocenters. The van der Waals surface area contributed by atoms with Crippen LogP contribution >= 0.6 is 27.5 Å². The van der Waals surface area contributed by atoms with Gasteiger partial charge in [0.25, 0.3) is 0 Å². The maximum atomic E-state index is 5.66. The SMILES string of the molecule is COCCn1ncc(Br)c1CCCCl. The van der Waals surface area contributed by atoms with Crippen molar-refractivity contribution in [2.45, 2.75) is 19.4 Å². The second kappa shape index (κ2) is 6.43. The van der Waals surface area contributed by atoms with E-state index in [4.69, 9.17) is 16.3 Å². The van der Waals surface area contributed by atoms with Gasteiger partial charge in [-0.1, -0.05) is 0 Å². The molecule has 0 N–H and O–H groups in total. The van der Waals surface area contributed by atoms with Crippen LogP contribution in [-0.2, 0) is 17.7 Å². The second-order valence-corrected chi connectivity index (χ2v) is 4.18. The molecule has 0 aromatic carbocycles. The van der Waals surface area contributed by atoms with Gasteiger partial charge in [-0.15, -0.1) is 11.6 Å². The van der Waals surface area contributed by atoms with Crippen LogP contribution < -0.4 is 0 Å². The van der Waals surface area contributed by atoms with Crippen LogP contribution in [0.2, 0.25) is 0 Å². The number of ether oxygens (including phenoxy) is 1. The topological polar surface area (TPSA) is 27.1 Å². The molecule has 1 aromatic heterocycles. The number of methoxy groups -OCH3 is 1. The quantitative estimate of drug-likeness (QED) is 0.749. The van der Waals surface area contributed by atoms with Gasteiger partial charge in [-0.2, -0.15) is 5.10 Å². The first kappa shape index (κ1) is 12.0. The predicted octanol–water partition coefficient (Wildman–Crippen LogP) is 2.46. The third kappa shape index (κ3) is 3.26. The molecule has 14 heavy (non-hydrogen) atoms. The van der Waals surface area contributed by atoms with Gasteiger partial charge in [0, 0.05) is 13.0 Å². The van der Waals surface area contributed by atoms with Crippen LogP contribution in [0.4, 0.5) is 0 Å². The maximum Gasteiger partial charge on any atom is 0.0658 e. The highest BCUT2D eigenvalue weighted by Crippen LogP contribution is 2.17. The summed E-state index contributed by atoms with van der Waals surface area (Å²) in [5, 5.41) is 4.25. The lowest BCUT2D eigenvalue weighted by Gasteiger charge is -2.06. The van der Waals surface area contributed by atoms with Crippen molar-refractivity contribution in [1.82, 2.24) is 9.78 Å². The van der Waals surface area contributed by atoms with E-state index in [1.165, 1.54) is 5.69 Å². The van der Waals surface area contributed by atoms with Gasteiger partial charge >= 0.3 is 0 Å². The summed E-state index contributed by atoms with van der Waals surface area (Å²) in [6.45, 7) is 1.47. The monoisotopic (exact) mass is 280 g/mol. The number of hydrogen-bond acceptors (Lipinski definition) is 2. The van der Waals surface area contributed by atoms with Crippen LogP contribution in [0.1, 0.15) is 12.1 Å². The first-order valence-electron chi connectivity index (χ1n) is 4.54. The van der Waals surface area contributed by atoms with Gasteiger partial charge in [-0.25, -0.2) is 0 Å². The van der Waals surface area contributed by atoms with E-state index in [1.807, 2.05) is 10.9 Å². The Bertz CT molecular complexity index is 278. The summed E-state index contributed by atoms with van der Waals surface area (Å²) in [5.74, 6) is 0.682. The summed E-state index contributed by atoms with van der Waals surface area (Å²) < 4.78 is 8.03. The van der Waals surface area contributed by atoms with E-state index in [-0.39, 0.29) is 0 Å². The van der Waals surface area contributed by atoms with Crippen molar-refractivity contribution in [3.05, 3.63) is 16.4 Å². The predicted molar refractivity (Wildman–Crippen MR) is 60.8 cm³/mol. The van der Waals surface area contributed by atoms with Crippen LogP contribution in [0.15, 0.2) is 10.7 Å². The fourth-order valence-electron chi connectivity index (χ4n) is 1.24. The molecule has 0 aliphatic carbocycles. The molecule has 0 aliphatic heterocycles. The zero-order chi connectivity index (χ0) is 10.4. The Balaban J connectivity index is 2.62. The molecule has 0 radical (unpaired) electrons. The molecule has 0 saturated carbocycles. The van der Waals surface area contributed by atoms with Crippen molar-refractivity contribution in [1.29, 1.82) is 0 Å². The number of nitrogens with zero attached hydrogens (tertiary/aromatic N) is 2. The molecular formula is C9H14BrClN2O. The standard InChI is InChI=1S/C9H14BrClN2O/c1-14-6-5-13-9(3-2-4-11)8(10)7-12-13/h7H,2-6H2,1H3. The van der Waals surface area contributed by atoms with Crippen molar-refractivity contribution < 1.29 is 4.74 Å². The summed E-state index contributed by atoms with van der Waals surface area (Å²) >= 11 is 9.13. The van der Waals surface area contributed by atoms with Gasteiger partial charge in [-0.3, -0.25) is 4.68 Å². The molecule has 0 spiro atoms. The normalized spacial score (nSPS) is 10.8. The number of alkyl halides is 1. The largest absolute Gasteiger partial charge is 0.383 e. The minimum atomic E-state index is 0.682. The van der Waals surface area contributed by atoms with Crippen LogP contribution in [0, 0.1) is 0 Å². The fraction of sp³-hybridized carbons (Fsp3) is 0.667. The number of rotatable bonds is 6. The van der Waals surface area contributed by atoms with Crippen molar-refractivity contribution in [2.75, 3.05) is 19.6 Å². The van der Waals surface area contributed by atoms with Crippen molar-refractivity contribution in [2.24, 2.45) is 0 Å². The maximum absolute atomic E-state index is 5.66. The highest BCUT2D eigenvalue weighted by atomic mass is 79.9. The molecule has 0 bridgehead atoms. The fourth-order valence-corrected chi connectivity index (χ4v) is 1.87. The van der Waals surface area contributed by atoms with Crippen molar-refractivity contribution in [3.63, 3.8) is 0 Å². The van der Waals surface area contributed by atoms with E-state index < -0.39 is 0 Å². The van der Waals surface area contributed by atoms with Gasteiger partial charge in [0.05, 0.1) is 29.5 Å². The Kier molecular flexibility index (Phi) is 5.52. The molecule has 3 nitrogen and oxygen atoms in total. The Labute approximate surface area is 97.5 Å². The average molecular weight is 282 g/mol. The van der Waals surface area contributed by atoms with Gasteiger partial charge in [0.15, 0.2) is 0 Å². The van der Waals surface area contributed by atoms with E-state index in [9.17, 15) is 0 Å². The molecule has 1 heterocycles. The van der Waals surface area contributed by atoms with Crippen molar-refractivity contribution in [3.8, 4) is 0 Å². The van der Waals surface area contributed by atoms with E-state index in [2.05, 4.69) is 21.0 Å². The highest BCUT2D eigenvalue weighted by Gasteiger charge is 2.07. The second-order valence-electron chi connectivity index (χ2n) is 2.95. The van der Waals surface area contributed by atoms with Gasteiger partial charge < -0.3 is 4.74 Å². The van der Waals surface area contributed by atoms with Crippen LogP contribution in [-0.4, -0.2) is 29.4 Å². The zero-order valence-corrected chi connectivity index (χ0v) is 10.5. The lowest BCUT2D eigenvalue weighted by molar-refractivity contribution is 0.182. The molecule has 5 heteroatoms. The highest BCUT2D eigenvalue weighted by molar-refractivity contribution is 9.10. The minimum Gasteiger partial charge on any atom is -0.383 e. The molecule has 1 rings (SSSR count). The van der Waals surface area contributed by atoms with E-state index in [0.717, 1.165) is 23.9 Å². The first-order chi connectivity index (χ1) is 6.79. The molecule has 0 saturated heterocycles. The average Bonchev–Trinajstić information content (AvgIpc) is 2.53. The van der Waals surface area contributed by atoms with Gasteiger partial charge in [0.1, 0.15) is 0 Å². The van der Waals surface area contributed by atoms with Crippen molar-refractivity contribution >= 4 is 27.5 Å².